The van der Waals surface area contributed by atoms with Crippen molar-refractivity contribution in [3.05, 3.63) is 82.3 Å². The molecule has 7 nitrogen and oxygen atoms in total. The number of rotatable bonds is 2. The molecule has 1 aliphatic carbocycles. The van der Waals surface area contributed by atoms with Gasteiger partial charge in [-0.05, 0) is 43.5 Å². The Kier molecular flexibility index (Phi) is 4.44. The number of ether oxygens (including phenoxy) is 1. The van der Waals surface area contributed by atoms with Gasteiger partial charge in [-0.3, -0.25) is 14.5 Å². The molecule has 2 aromatic carbocycles. The first-order chi connectivity index (χ1) is 15.4. The summed E-state index contributed by atoms with van der Waals surface area (Å²) in [5, 5.41) is 2.86. The summed E-state index contributed by atoms with van der Waals surface area (Å²) in [6, 6.07) is 14.8. The number of esters is 1. The minimum atomic E-state index is -1.64. The summed E-state index contributed by atoms with van der Waals surface area (Å²) < 4.78 is 5.12. The summed E-state index contributed by atoms with van der Waals surface area (Å²) in [6.45, 7) is 1.96. The maximum absolute atomic E-state index is 13.7. The van der Waals surface area contributed by atoms with Crippen LogP contribution in [0.15, 0.2) is 71.2 Å². The van der Waals surface area contributed by atoms with E-state index in [0.29, 0.717) is 41.8 Å². The van der Waals surface area contributed by atoms with Gasteiger partial charge in [0.2, 0.25) is 5.91 Å². The largest absolute Gasteiger partial charge is 0.466 e. The number of anilines is 2. The predicted octanol–water partition coefficient (Wildman–Crippen LogP) is 3.06. The van der Waals surface area contributed by atoms with Gasteiger partial charge in [0.25, 0.3) is 0 Å². The van der Waals surface area contributed by atoms with Crippen LogP contribution in [0.4, 0.5) is 11.4 Å². The number of nitrogens with two attached hydrogens (primary N) is 1. The van der Waals surface area contributed by atoms with Crippen LogP contribution >= 0.6 is 0 Å². The number of Topliss-reactive ketones (excluding diaryl/α,β-unsaturated/α-hetero) is 1. The quantitative estimate of drug-likeness (QED) is 0.712. The molecule has 2 aromatic rings. The number of carbonyl (C=O) groups excluding carboxylic acids is 3. The number of amides is 1. The first-order valence-electron chi connectivity index (χ1n) is 10.5. The molecular weight excluding hydrogens is 406 g/mol. The van der Waals surface area contributed by atoms with Crippen LogP contribution in [0.5, 0.6) is 0 Å². The van der Waals surface area contributed by atoms with E-state index in [4.69, 9.17) is 10.5 Å². The van der Waals surface area contributed by atoms with E-state index in [1.807, 2.05) is 31.2 Å². The van der Waals surface area contributed by atoms with Gasteiger partial charge >= 0.3 is 5.97 Å². The number of nitrogens with one attached hydrogen (secondary N) is 1. The van der Waals surface area contributed by atoms with Crippen molar-refractivity contribution < 1.29 is 19.1 Å². The van der Waals surface area contributed by atoms with Crippen LogP contribution in [0.2, 0.25) is 0 Å². The summed E-state index contributed by atoms with van der Waals surface area (Å²) in [5.41, 5.74) is 8.81. The fraction of sp³-hybridized carbons (Fsp3) is 0.240. The van der Waals surface area contributed by atoms with E-state index in [9.17, 15) is 14.4 Å². The highest BCUT2D eigenvalue weighted by Gasteiger charge is 2.61. The predicted molar refractivity (Wildman–Crippen MR) is 120 cm³/mol. The van der Waals surface area contributed by atoms with Gasteiger partial charge in [0, 0.05) is 34.6 Å². The Labute approximate surface area is 185 Å². The molecule has 0 aromatic heterocycles. The molecule has 0 fully saturated rings. The van der Waals surface area contributed by atoms with Crippen LogP contribution in [0.1, 0.15) is 30.4 Å². The van der Waals surface area contributed by atoms with E-state index < -0.39 is 17.3 Å². The fourth-order valence-electron chi connectivity index (χ4n) is 5.23. The number of benzene rings is 2. The second kappa shape index (κ2) is 7.09. The molecule has 1 spiro atoms. The molecule has 2 aliphatic heterocycles. The number of nitrogens with zero attached hydrogens (tertiary/aromatic N) is 1. The van der Waals surface area contributed by atoms with Gasteiger partial charge in [0.05, 0.1) is 7.11 Å². The Balaban J connectivity index is 1.91. The molecule has 7 heteroatoms. The zero-order chi connectivity index (χ0) is 22.6. The molecule has 162 valence electrons. The molecule has 0 bridgehead atoms. The number of para-hydroxylation sites is 1. The van der Waals surface area contributed by atoms with Gasteiger partial charge in [-0.1, -0.05) is 30.3 Å². The van der Waals surface area contributed by atoms with E-state index >= 15 is 0 Å². The second-order valence-corrected chi connectivity index (χ2v) is 8.27. The molecule has 2 heterocycles. The van der Waals surface area contributed by atoms with Crippen LogP contribution in [-0.4, -0.2) is 24.8 Å². The molecule has 32 heavy (non-hydrogen) atoms. The number of hydrogen-bond acceptors (Lipinski definition) is 6. The van der Waals surface area contributed by atoms with Crippen molar-refractivity contribution >= 4 is 29.0 Å². The van der Waals surface area contributed by atoms with Crippen LogP contribution in [-0.2, 0) is 24.5 Å². The lowest BCUT2D eigenvalue weighted by Crippen LogP contribution is -2.53. The molecule has 1 atom stereocenters. The number of aryl methyl sites for hydroxylation is 1. The third kappa shape index (κ3) is 2.51. The van der Waals surface area contributed by atoms with Gasteiger partial charge in [0.1, 0.15) is 16.8 Å². The van der Waals surface area contributed by atoms with E-state index in [-0.39, 0.29) is 17.2 Å². The Morgan fingerprint density at radius 1 is 1.12 bits per heavy atom. The van der Waals surface area contributed by atoms with E-state index in [2.05, 4.69) is 5.32 Å². The average molecular weight is 429 g/mol. The average Bonchev–Trinajstić information content (AvgIpc) is 3.06. The minimum Gasteiger partial charge on any atom is -0.466 e. The van der Waals surface area contributed by atoms with E-state index in [0.717, 1.165) is 11.3 Å². The molecule has 3 N–H and O–H groups in total. The standard InChI is InChI=1S/C25H23N3O4/c1-14-7-5-8-15(13-14)28-18-11-6-12-19(29)20(18)25(21(22(28)26)23(30)32-2)16-9-3-4-10-17(16)27-24(25)31/h3-5,7-10,13H,6,11-12,26H2,1-2H3,(H,27,31). The molecule has 5 rings (SSSR count). The zero-order valence-corrected chi connectivity index (χ0v) is 17.9. The maximum Gasteiger partial charge on any atom is 0.339 e. The third-order valence-electron chi connectivity index (χ3n) is 6.47. The summed E-state index contributed by atoms with van der Waals surface area (Å²) in [6.07, 6.45) is 1.49. The highest BCUT2D eigenvalue weighted by molar-refractivity contribution is 6.23. The Morgan fingerprint density at radius 3 is 2.66 bits per heavy atom. The zero-order valence-electron chi connectivity index (χ0n) is 17.9. The van der Waals surface area contributed by atoms with Crippen LogP contribution in [0.25, 0.3) is 0 Å². The van der Waals surface area contributed by atoms with E-state index in [1.165, 1.54) is 7.11 Å². The maximum atomic E-state index is 13.7. The van der Waals surface area contributed by atoms with Crippen LogP contribution < -0.4 is 16.0 Å². The molecule has 1 amide bonds. The minimum absolute atomic E-state index is 0.0297. The normalized spacial score (nSPS) is 22.1. The number of fused-ring (bicyclic) bond motifs is 3. The Hall–Kier alpha value is -3.87. The number of methoxy groups -OCH3 is 1. The second-order valence-electron chi connectivity index (χ2n) is 8.27. The first-order valence-corrected chi connectivity index (χ1v) is 10.5. The third-order valence-corrected chi connectivity index (χ3v) is 6.47. The van der Waals surface area contributed by atoms with E-state index in [1.54, 1.807) is 29.2 Å². The summed E-state index contributed by atoms with van der Waals surface area (Å²) in [7, 11) is 1.25. The van der Waals surface area contributed by atoms with Crippen molar-refractivity contribution in [2.24, 2.45) is 5.73 Å². The highest BCUT2D eigenvalue weighted by Crippen LogP contribution is 2.55. The van der Waals surface area contributed by atoms with Crippen molar-refractivity contribution in [3.63, 3.8) is 0 Å². The first kappa shape index (κ1) is 20.1. The molecule has 0 radical (unpaired) electrons. The van der Waals surface area contributed by atoms with Gasteiger partial charge in [-0.25, -0.2) is 4.79 Å². The lowest BCUT2D eigenvalue weighted by atomic mass is 9.63. The molecule has 0 saturated carbocycles. The van der Waals surface area contributed by atoms with Gasteiger partial charge < -0.3 is 15.8 Å². The Morgan fingerprint density at radius 2 is 1.91 bits per heavy atom. The van der Waals surface area contributed by atoms with Crippen LogP contribution in [0.3, 0.4) is 0 Å². The lowest BCUT2D eigenvalue weighted by Gasteiger charge is -2.44. The summed E-state index contributed by atoms with van der Waals surface area (Å²) in [5.74, 6) is -1.27. The topological polar surface area (TPSA) is 102 Å². The summed E-state index contributed by atoms with van der Waals surface area (Å²) in [4.78, 5) is 42.1. The lowest BCUT2D eigenvalue weighted by molar-refractivity contribution is -0.138. The smallest absolute Gasteiger partial charge is 0.339 e. The number of ketones is 1. The molecule has 0 saturated heterocycles. The highest BCUT2D eigenvalue weighted by atomic mass is 16.5. The Bertz CT molecular complexity index is 1260. The van der Waals surface area contributed by atoms with Crippen LogP contribution in [0, 0.1) is 6.92 Å². The molecule has 3 aliphatic rings. The molecular formula is C25H23N3O4. The number of carbonyl (C=O) groups is 3. The molecule has 1 unspecified atom stereocenters. The van der Waals surface area contributed by atoms with Gasteiger partial charge in [-0.15, -0.1) is 0 Å². The van der Waals surface area contributed by atoms with Crippen molar-refractivity contribution in [1.82, 2.24) is 0 Å². The van der Waals surface area contributed by atoms with Crippen molar-refractivity contribution in [2.75, 3.05) is 17.3 Å². The van der Waals surface area contributed by atoms with Gasteiger partial charge in [-0.2, -0.15) is 0 Å². The van der Waals surface area contributed by atoms with Crippen molar-refractivity contribution in [2.45, 2.75) is 31.6 Å². The van der Waals surface area contributed by atoms with Crippen molar-refractivity contribution in [3.8, 4) is 0 Å². The number of allylic oxidation sites excluding steroid dienone is 1. The number of hydrogen-bond donors (Lipinski definition) is 2. The van der Waals surface area contributed by atoms with Crippen molar-refractivity contribution in [1.29, 1.82) is 0 Å². The summed E-state index contributed by atoms with van der Waals surface area (Å²) >= 11 is 0. The fourth-order valence-corrected chi connectivity index (χ4v) is 5.23. The monoisotopic (exact) mass is 429 g/mol. The van der Waals surface area contributed by atoms with Gasteiger partial charge in [0.15, 0.2) is 5.78 Å². The SMILES string of the molecule is COC(=O)C1=C(N)N(c2cccc(C)c2)C2=C(C(=O)CCC2)C12C(=O)Nc1ccccc12.